The van der Waals surface area contributed by atoms with Crippen LogP contribution < -0.4 is 5.73 Å². The summed E-state index contributed by atoms with van der Waals surface area (Å²) in [5.74, 6) is -0.638. The molecule has 0 aliphatic heterocycles. The Hall–Kier alpha value is -0.900. The van der Waals surface area contributed by atoms with E-state index in [1.165, 1.54) is 6.92 Å². The van der Waals surface area contributed by atoms with Gasteiger partial charge in [-0.05, 0) is 27.7 Å². The first kappa shape index (κ1) is 16.5. The second kappa shape index (κ2) is 7.40. The number of nitrogens with two attached hydrogens (primary N) is 1. The second-order valence-electron chi connectivity index (χ2n) is 4.01. The highest BCUT2D eigenvalue weighted by Crippen LogP contribution is 2.08. The minimum Gasteiger partial charge on any atom is -0.460 e. The van der Waals surface area contributed by atoms with E-state index in [0.29, 0.717) is 0 Å². The van der Waals surface area contributed by atoms with Crippen molar-refractivity contribution in [1.29, 1.82) is 0 Å². The number of carbonyl (C=O) groups excluding carboxylic acids is 2. The number of rotatable bonds is 3. The molecule has 90 valence electrons. The number of Topliss-reactive ketones (excluding diaryl/α,β-unsaturated/α-hetero) is 1. The highest BCUT2D eigenvalue weighted by molar-refractivity contribution is 5.86. The van der Waals surface area contributed by atoms with Gasteiger partial charge in [-0.1, -0.05) is 13.8 Å². The van der Waals surface area contributed by atoms with E-state index in [0.717, 1.165) is 0 Å². The first-order valence-electron chi connectivity index (χ1n) is 5.20. The van der Waals surface area contributed by atoms with Crippen LogP contribution >= 0.6 is 0 Å². The lowest BCUT2D eigenvalue weighted by molar-refractivity contribution is -0.156. The zero-order valence-electron chi connectivity index (χ0n) is 10.6. The van der Waals surface area contributed by atoms with Gasteiger partial charge in [0.1, 0.15) is 11.4 Å². The zero-order valence-corrected chi connectivity index (χ0v) is 10.6. The van der Waals surface area contributed by atoms with Gasteiger partial charge in [-0.15, -0.1) is 0 Å². The van der Waals surface area contributed by atoms with E-state index in [2.05, 4.69) is 0 Å². The van der Waals surface area contributed by atoms with Crippen LogP contribution in [0.3, 0.4) is 0 Å². The maximum absolute atomic E-state index is 11.1. The third-order valence-electron chi connectivity index (χ3n) is 1.33. The largest absolute Gasteiger partial charge is 0.460 e. The van der Waals surface area contributed by atoms with Gasteiger partial charge in [-0.2, -0.15) is 0 Å². The van der Waals surface area contributed by atoms with E-state index in [4.69, 9.17) is 10.5 Å². The third kappa shape index (κ3) is 11.0. The Morgan fingerprint density at radius 1 is 1.27 bits per heavy atom. The van der Waals surface area contributed by atoms with Crippen molar-refractivity contribution in [3.63, 3.8) is 0 Å². The second-order valence-corrected chi connectivity index (χ2v) is 4.01. The van der Waals surface area contributed by atoms with Gasteiger partial charge in [0, 0.05) is 0 Å². The smallest absolute Gasteiger partial charge is 0.308 e. The van der Waals surface area contributed by atoms with Crippen LogP contribution in [0.25, 0.3) is 0 Å². The topological polar surface area (TPSA) is 69.4 Å². The summed E-state index contributed by atoms with van der Waals surface area (Å²) in [6.07, 6.45) is -0.0490. The lowest BCUT2D eigenvalue weighted by Crippen LogP contribution is -2.34. The Labute approximate surface area is 92.2 Å². The summed E-state index contributed by atoms with van der Waals surface area (Å²) < 4.78 is 4.99. The lowest BCUT2D eigenvalue weighted by atomic mass is 10.1. The molecule has 15 heavy (non-hydrogen) atoms. The monoisotopic (exact) mass is 217 g/mol. The van der Waals surface area contributed by atoms with Crippen molar-refractivity contribution >= 4 is 11.8 Å². The van der Waals surface area contributed by atoms with E-state index in [1.807, 2.05) is 13.8 Å². The van der Waals surface area contributed by atoms with Gasteiger partial charge < -0.3 is 10.5 Å². The zero-order chi connectivity index (χ0) is 12.6. The van der Waals surface area contributed by atoms with E-state index in [1.54, 1.807) is 20.8 Å². The highest BCUT2D eigenvalue weighted by Gasteiger charge is 2.20. The van der Waals surface area contributed by atoms with Crippen molar-refractivity contribution in [2.24, 2.45) is 5.73 Å². The average molecular weight is 217 g/mol. The Bertz CT molecular complexity index is 206. The summed E-state index contributed by atoms with van der Waals surface area (Å²) in [5.41, 5.74) is 4.87. The van der Waals surface area contributed by atoms with Crippen molar-refractivity contribution in [3.8, 4) is 0 Å². The Kier molecular flexibility index (Phi) is 8.15. The molecule has 0 heterocycles. The summed E-state index contributed by atoms with van der Waals surface area (Å²) >= 11 is 0. The Morgan fingerprint density at radius 3 is 1.93 bits per heavy atom. The van der Waals surface area contributed by atoms with E-state index in [9.17, 15) is 9.59 Å². The standard InChI is InChI=1S/C9H17NO3.C2H6/c1-6(11)7(10)5-8(12)13-9(2,3)4;1-2/h7H,5,10H2,1-4H3;1-2H3/t7-;/m1./s1. The summed E-state index contributed by atoms with van der Waals surface area (Å²) in [7, 11) is 0. The van der Waals surface area contributed by atoms with Crippen LogP contribution in [0.1, 0.15) is 48.0 Å². The first-order valence-corrected chi connectivity index (χ1v) is 5.20. The van der Waals surface area contributed by atoms with Gasteiger partial charge in [0.25, 0.3) is 0 Å². The summed E-state index contributed by atoms with van der Waals surface area (Å²) in [5, 5.41) is 0. The van der Waals surface area contributed by atoms with Crippen LogP contribution in [-0.4, -0.2) is 23.4 Å². The molecule has 0 bridgehead atoms. The molecule has 0 saturated carbocycles. The fraction of sp³-hybridized carbons (Fsp3) is 0.818. The van der Waals surface area contributed by atoms with E-state index >= 15 is 0 Å². The van der Waals surface area contributed by atoms with Gasteiger partial charge in [-0.25, -0.2) is 0 Å². The van der Waals surface area contributed by atoms with Gasteiger partial charge in [0.2, 0.25) is 0 Å². The molecule has 4 nitrogen and oxygen atoms in total. The van der Waals surface area contributed by atoms with Gasteiger partial charge in [0.15, 0.2) is 0 Å². The SMILES string of the molecule is CC.CC(=O)[C@H](N)CC(=O)OC(C)(C)C. The quantitative estimate of drug-likeness (QED) is 0.730. The number of esters is 1. The average Bonchev–Trinajstić information content (AvgIpc) is 2.03. The maximum atomic E-state index is 11.1. The lowest BCUT2D eigenvalue weighted by Gasteiger charge is -2.20. The minimum absolute atomic E-state index is 0.0490. The van der Waals surface area contributed by atoms with E-state index < -0.39 is 17.6 Å². The number of carbonyl (C=O) groups is 2. The molecule has 0 rings (SSSR count). The van der Waals surface area contributed by atoms with E-state index in [-0.39, 0.29) is 12.2 Å². The number of ether oxygens (including phenoxy) is 1. The third-order valence-corrected chi connectivity index (χ3v) is 1.33. The Morgan fingerprint density at radius 2 is 1.67 bits per heavy atom. The number of ketones is 1. The molecular weight excluding hydrogens is 194 g/mol. The predicted molar refractivity (Wildman–Crippen MR) is 60.5 cm³/mol. The summed E-state index contributed by atoms with van der Waals surface area (Å²) in [6.45, 7) is 10.7. The molecule has 0 unspecified atom stereocenters. The van der Waals surface area contributed by atoms with Crippen LogP contribution in [0.5, 0.6) is 0 Å². The van der Waals surface area contributed by atoms with Crippen molar-refractivity contribution in [1.82, 2.24) is 0 Å². The van der Waals surface area contributed by atoms with Crippen LogP contribution in [0.4, 0.5) is 0 Å². The van der Waals surface area contributed by atoms with Crippen LogP contribution in [0, 0.1) is 0 Å². The number of hydrogen-bond acceptors (Lipinski definition) is 4. The summed E-state index contributed by atoms with van der Waals surface area (Å²) in [4.78, 5) is 21.8. The van der Waals surface area contributed by atoms with Gasteiger partial charge in [-0.3, -0.25) is 9.59 Å². The van der Waals surface area contributed by atoms with Crippen LogP contribution in [0.15, 0.2) is 0 Å². The molecule has 0 amide bonds. The molecule has 0 saturated heterocycles. The van der Waals surface area contributed by atoms with Crippen molar-refractivity contribution in [2.75, 3.05) is 0 Å². The molecule has 0 fully saturated rings. The molecule has 2 N–H and O–H groups in total. The maximum Gasteiger partial charge on any atom is 0.308 e. The van der Waals surface area contributed by atoms with Crippen molar-refractivity contribution < 1.29 is 14.3 Å². The Balaban J connectivity index is 0. The predicted octanol–water partition coefficient (Wildman–Crippen LogP) is 1.66. The molecule has 0 aliphatic carbocycles. The van der Waals surface area contributed by atoms with Crippen LogP contribution in [-0.2, 0) is 14.3 Å². The molecule has 0 radical (unpaired) electrons. The minimum atomic E-state index is -0.741. The first-order chi connectivity index (χ1) is 6.72. The summed E-state index contributed by atoms with van der Waals surface area (Å²) in [6, 6.07) is -0.741. The molecule has 0 aromatic heterocycles. The molecular formula is C11H23NO3. The van der Waals surface area contributed by atoms with Crippen LogP contribution in [0.2, 0.25) is 0 Å². The molecule has 0 aliphatic rings. The molecule has 0 aromatic rings. The fourth-order valence-corrected chi connectivity index (χ4v) is 0.706. The van der Waals surface area contributed by atoms with Gasteiger partial charge >= 0.3 is 5.97 Å². The molecule has 1 atom stereocenters. The van der Waals surface area contributed by atoms with Gasteiger partial charge in [0.05, 0.1) is 12.5 Å². The van der Waals surface area contributed by atoms with Crippen molar-refractivity contribution in [3.05, 3.63) is 0 Å². The molecule has 0 aromatic carbocycles. The fourth-order valence-electron chi connectivity index (χ4n) is 0.706. The van der Waals surface area contributed by atoms with Crippen molar-refractivity contribution in [2.45, 2.75) is 59.6 Å². The normalized spacial score (nSPS) is 12.2. The molecule has 0 spiro atoms. The highest BCUT2D eigenvalue weighted by atomic mass is 16.6. The molecule has 4 heteroatoms. The number of hydrogen-bond donors (Lipinski definition) is 1.